The number of rotatable bonds is 4. The van der Waals surface area contributed by atoms with E-state index in [2.05, 4.69) is 15.0 Å². The van der Waals surface area contributed by atoms with Gasteiger partial charge in [0.2, 0.25) is 0 Å². The quantitative estimate of drug-likeness (QED) is 0.399. The standard InChI is InChI=1S/C25H22F4N4O2/c1-3-16-19(26)5-4-13-6-15(35)7-17(20(13)16)22-21(27)23-18(9-30-22)24(32-12(2)31-23)33-11-25(28,29)8-14(33)10-34/h4-7,9,14,34-35H,3,8,10-11H2,1-2H3/t14-/m0/s1. The third-order valence-corrected chi connectivity index (χ3v) is 6.40. The van der Waals surface area contributed by atoms with Crippen LogP contribution in [0.5, 0.6) is 5.75 Å². The Hall–Kier alpha value is -3.53. The van der Waals surface area contributed by atoms with Gasteiger partial charge >= 0.3 is 0 Å². The molecule has 182 valence electrons. The minimum absolute atomic E-state index is 0.0581. The number of hydrogen-bond donors (Lipinski definition) is 2. The van der Waals surface area contributed by atoms with Crippen molar-refractivity contribution in [2.75, 3.05) is 18.1 Å². The topological polar surface area (TPSA) is 82.4 Å². The molecule has 0 unspecified atom stereocenters. The Morgan fingerprint density at radius 2 is 1.94 bits per heavy atom. The highest BCUT2D eigenvalue weighted by atomic mass is 19.3. The fraction of sp³-hybridized carbons (Fsp3) is 0.320. The largest absolute Gasteiger partial charge is 0.508 e. The van der Waals surface area contributed by atoms with Crippen molar-refractivity contribution in [2.45, 2.75) is 38.7 Å². The molecule has 1 fully saturated rings. The maximum absolute atomic E-state index is 16.0. The van der Waals surface area contributed by atoms with Crippen LogP contribution in [0.3, 0.4) is 0 Å². The second-order valence-electron chi connectivity index (χ2n) is 8.77. The average molecular weight is 486 g/mol. The second-order valence-corrected chi connectivity index (χ2v) is 8.77. The summed E-state index contributed by atoms with van der Waals surface area (Å²) < 4.78 is 58.8. The third-order valence-electron chi connectivity index (χ3n) is 6.40. The highest BCUT2D eigenvalue weighted by Gasteiger charge is 2.46. The van der Waals surface area contributed by atoms with Crippen molar-refractivity contribution in [1.29, 1.82) is 0 Å². The van der Waals surface area contributed by atoms with Crippen LogP contribution >= 0.6 is 0 Å². The molecule has 2 aromatic heterocycles. The molecule has 0 aliphatic carbocycles. The molecule has 0 bridgehead atoms. The Morgan fingerprint density at radius 3 is 2.66 bits per heavy atom. The molecule has 0 amide bonds. The Bertz CT molecular complexity index is 1480. The Kier molecular flexibility index (Phi) is 5.51. The number of halogens is 4. The minimum Gasteiger partial charge on any atom is -0.508 e. The van der Waals surface area contributed by atoms with E-state index in [4.69, 9.17) is 0 Å². The van der Waals surface area contributed by atoms with E-state index in [1.54, 1.807) is 6.92 Å². The van der Waals surface area contributed by atoms with Crippen LogP contribution in [0.4, 0.5) is 23.4 Å². The Labute approximate surface area is 197 Å². The van der Waals surface area contributed by atoms with Crippen molar-refractivity contribution >= 4 is 27.5 Å². The van der Waals surface area contributed by atoms with Crippen molar-refractivity contribution in [2.24, 2.45) is 0 Å². The van der Waals surface area contributed by atoms with Crippen LogP contribution in [-0.2, 0) is 6.42 Å². The van der Waals surface area contributed by atoms with Gasteiger partial charge in [-0.3, -0.25) is 4.98 Å². The van der Waals surface area contributed by atoms with Gasteiger partial charge in [0.15, 0.2) is 5.82 Å². The zero-order valence-corrected chi connectivity index (χ0v) is 19.0. The first-order chi connectivity index (χ1) is 16.6. The van der Waals surface area contributed by atoms with Gasteiger partial charge in [0.25, 0.3) is 5.92 Å². The fourth-order valence-corrected chi connectivity index (χ4v) is 4.90. The average Bonchev–Trinajstić information content (AvgIpc) is 3.13. The molecule has 6 nitrogen and oxygen atoms in total. The number of aliphatic hydroxyl groups excluding tert-OH is 1. The molecular weight excluding hydrogens is 464 g/mol. The lowest BCUT2D eigenvalue weighted by Gasteiger charge is -2.25. The molecule has 0 spiro atoms. The number of pyridine rings is 1. The molecule has 5 rings (SSSR count). The molecule has 4 aromatic rings. The van der Waals surface area contributed by atoms with E-state index in [1.807, 2.05) is 0 Å². The van der Waals surface area contributed by atoms with Gasteiger partial charge in [0, 0.05) is 18.2 Å². The molecule has 0 saturated carbocycles. The SMILES string of the molecule is CCc1c(F)ccc2cc(O)cc(-c3ncc4c(N5CC(F)(F)C[C@H]5CO)nc(C)nc4c3F)c12. The van der Waals surface area contributed by atoms with Crippen LogP contribution in [-0.4, -0.2) is 50.3 Å². The van der Waals surface area contributed by atoms with E-state index >= 15 is 4.39 Å². The van der Waals surface area contributed by atoms with Gasteiger partial charge in [-0.05, 0) is 47.9 Å². The number of aliphatic hydroxyl groups is 1. The summed E-state index contributed by atoms with van der Waals surface area (Å²) in [5.41, 5.74) is 0.238. The first kappa shape index (κ1) is 23.2. The number of phenolic OH excluding ortho intramolecular Hbond substituents is 1. The molecule has 3 heterocycles. The van der Waals surface area contributed by atoms with Crippen molar-refractivity contribution in [3.8, 4) is 17.0 Å². The number of alkyl halides is 2. The van der Waals surface area contributed by atoms with Crippen molar-refractivity contribution in [1.82, 2.24) is 15.0 Å². The van der Waals surface area contributed by atoms with Crippen LogP contribution in [0.15, 0.2) is 30.5 Å². The lowest BCUT2D eigenvalue weighted by molar-refractivity contribution is 0.0201. The third kappa shape index (κ3) is 3.81. The molecule has 35 heavy (non-hydrogen) atoms. The zero-order valence-electron chi connectivity index (χ0n) is 19.0. The summed E-state index contributed by atoms with van der Waals surface area (Å²) in [5.74, 6) is -4.28. The van der Waals surface area contributed by atoms with Gasteiger partial charge in [-0.1, -0.05) is 13.0 Å². The maximum Gasteiger partial charge on any atom is 0.267 e. The predicted octanol–water partition coefficient (Wildman–Crippen LogP) is 4.91. The van der Waals surface area contributed by atoms with Gasteiger partial charge in [-0.2, -0.15) is 0 Å². The molecule has 2 N–H and O–H groups in total. The van der Waals surface area contributed by atoms with E-state index in [1.165, 1.54) is 42.3 Å². The van der Waals surface area contributed by atoms with Gasteiger partial charge in [0.05, 0.1) is 24.6 Å². The maximum atomic E-state index is 16.0. The zero-order chi connectivity index (χ0) is 25.1. The van der Waals surface area contributed by atoms with Gasteiger partial charge in [-0.25, -0.2) is 27.5 Å². The van der Waals surface area contributed by atoms with Gasteiger partial charge in [-0.15, -0.1) is 0 Å². The van der Waals surface area contributed by atoms with Crippen LogP contribution in [0, 0.1) is 18.6 Å². The molecule has 1 atom stereocenters. The lowest BCUT2D eigenvalue weighted by atomic mass is 9.94. The molecule has 2 aromatic carbocycles. The van der Waals surface area contributed by atoms with Crippen molar-refractivity contribution in [3.05, 3.63) is 53.5 Å². The molecular formula is C25H22F4N4O2. The number of aryl methyl sites for hydroxylation is 2. The predicted molar refractivity (Wildman–Crippen MR) is 124 cm³/mol. The number of hydrogen-bond acceptors (Lipinski definition) is 6. The van der Waals surface area contributed by atoms with Gasteiger partial charge in [0.1, 0.15) is 34.4 Å². The molecule has 10 heteroatoms. The summed E-state index contributed by atoms with van der Waals surface area (Å²) in [6.07, 6.45) is 1.06. The Morgan fingerprint density at radius 1 is 1.17 bits per heavy atom. The second kappa shape index (κ2) is 8.30. The molecule has 1 aliphatic heterocycles. The van der Waals surface area contributed by atoms with Crippen LogP contribution < -0.4 is 4.90 Å². The van der Waals surface area contributed by atoms with E-state index in [0.717, 1.165) is 0 Å². The molecule has 1 aliphatic rings. The smallest absolute Gasteiger partial charge is 0.267 e. The molecule has 1 saturated heterocycles. The van der Waals surface area contributed by atoms with E-state index in [-0.39, 0.29) is 39.6 Å². The summed E-state index contributed by atoms with van der Waals surface area (Å²) in [5, 5.41) is 21.0. The summed E-state index contributed by atoms with van der Waals surface area (Å²) in [6, 6.07) is 4.68. The molecule has 0 radical (unpaired) electrons. The number of anilines is 1. The highest BCUT2D eigenvalue weighted by Crippen LogP contribution is 2.40. The summed E-state index contributed by atoms with van der Waals surface area (Å²) in [6.45, 7) is 2.09. The number of phenols is 1. The number of fused-ring (bicyclic) bond motifs is 2. The first-order valence-electron chi connectivity index (χ1n) is 11.2. The number of benzene rings is 2. The van der Waals surface area contributed by atoms with E-state index in [0.29, 0.717) is 22.8 Å². The van der Waals surface area contributed by atoms with Crippen LogP contribution in [0.1, 0.15) is 24.7 Å². The van der Waals surface area contributed by atoms with Gasteiger partial charge < -0.3 is 15.1 Å². The summed E-state index contributed by atoms with van der Waals surface area (Å²) in [7, 11) is 0. The first-order valence-corrected chi connectivity index (χ1v) is 11.2. The van der Waals surface area contributed by atoms with E-state index in [9.17, 15) is 23.4 Å². The summed E-state index contributed by atoms with van der Waals surface area (Å²) in [4.78, 5) is 14.0. The summed E-state index contributed by atoms with van der Waals surface area (Å²) >= 11 is 0. The highest BCUT2D eigenvalue weighted by molar-refractivity contribution is 6.01. The number of aromatic nitrogens is 3. The Balaban J connectivity index is 1.77. The normalized spacial score (nSPS) is 17.6. The van der Waals surface area contributed by atoms with Crippen LogP contribution in [0.2, 0.25) is 0 Å². The van der Waals surface area contributed by atoms with Crippen molar-refractivity contribution in [3.63, 3.8) is 0 Å². The fourth-order valence-electron chi connectivity index (χ4n) is 4.90. The monoisotopic (exact) mass is 486 g/mol. The number of aromatic hydroxyl groups is 1. The minimum atomic E-state index is -3.04. The van der Waals surface area contributed by atoms with Crippen molar-refractivity contribution < 1.29 is 27.8 Å². The number of nitrogens with zero attached hydrogens (tertiary/aromatic N) is 4. The van der Waals surface area contributed by atoms with E-state index < -0.39 is 43.2 Å². The lowest BCUT2D eigenvalue weighted by Crippen LogP contribution is -2.34. The van der Waals surface area contributed by atoms with Crippen LogP contribution in [0.25, 0.3) is 32.9 Å².